The van der Waals surface area contributed by atoms with E-state index in [1.54, 1.807) is 14.2 Å². The lowest BCUT2D eigenvalue weighted by molar-refractivity contribution is -0.0937. The summed E-state index contributed by atoms with van der Waals surface area (Å²) < 4.78 is 35.3. The van der Waals surface area contributed by atoms with Gasteiger partial charge in [0.05, 0.1) is 72.6 Å². The van der Waals surface area contributed by atoms with Gasteiger partial charge in [0.1, 0.15) is 17.2 Å². The molecule has 9 heteroatoms. The molecule has 1 unspecified atom stereocenters. The number of hydrogen-bond donors (Lipinski definition) is 1. The molecule has 1 fully saturated rings. The van der Waals surface area contributed by atoms with Gasteiger partial charge in [-0.2, -0.15) is 0 Å². The van der Waals surface area contributed by atoms with E-state index in [2.05, 4.69) is 0 Å². The summed E-state index contributed by atoms with van der Waals surface area (Å²) in [5.74, 6) is 2.06. The van der Waals surface area contributed by atoms with Gasteiger partial charge in [-0.25, -0.2) is 4.79 Å². The molecule has 0 radical (unpaired) electrons. The summed E-state index contributed by atoms with van der Waals surface area (Å²) in [6, 6.07) is 33.4. The minimum absolute atomic E-state index is 0.220. The highest BCUT2D eigenvalue weighted by molar-refractivity contribution is 5.65. The first kappa shape index (κ1) is 33.8. The molecule has 0 aliphatic carbocycles. The van der Waals surface area contributed by atoms with Crippen molar-refractivity contribution < 1.29 is 38.3 Å². The summed E-state index contributed by atoms with van der Waals surface area (Å²) >= 11 is 0. The first-order valence-electron chi connectivity index (χ1n) is 15.8. The van der Waals surface area contributed by atoms with Gasteiger partial charge in [0.25, 0.3) is 0 Å². The van der Waals surface area contributed by atoms with Crippen LogP contribution >= 0.6 is 0 Å². The number of rotatable bonds is 16. The molecule has 1 N–H and O–H groups in total. The summed E-state index contributed by atoms with van der Waals surface area (Å²) in [5.41, 5.74) is 4.07. The van der Waals surface area contributed by atoms with Crippen LogP contribution in [0.3, 0.4) is 0 Å². The monoisotopic (exact) mass is 641 g/mol. The SMILES string of the molecule is COc1ccc(CO[C@H]2CN(C(=O)O)C[C@@H](OCc3ccc(OC)cc3)C2c2ccc(OCCCOCc3ccccc3)cc2)cc1. The lowest BCUT2D eigenvalue weighted by atomic mass is 9.84. The first-order valence-corrected chi connectivity index (χ1v) is 15.8. The molecular formula is C38H43NO8. The lowest BCUT2D eigenvalue weighted by Gasteiger charge is -2.42. The second-order valence-electron chi connectivity index (χ2n) is 11.4. The van der Waals surface area contributed by atoms with E-state index in [0.29, 0.717) is 33.0 Å². The minimum atomic E-state index is -1.00. The Hall–Kier alpha value is -4.57. The van der Waals surface area contributed by atoms with Gasteiger partial charge in [-0.15, -0.1) is 0 Å². The van der Waals surface area contributed by atoms with Crippen LogP contribution in [0.1, 0.15) is 34.6 Å². The number of carboxylic acid groups (broad SMARTS) is 1. The summed E-state index contributed by atoms with van der Waals surface area (Å²) in [6.45, 7) is 2.80. The van der Waals surface area contributed by atoms with Crippen molar-refractivity contribution in [3.63, 3.8) is 0 Å². The minimum Gasteiger partial charge on any atom is -0.497 e. The molecule has 4 aromatic rings. The molecule has 5 rings (SSSR count). The van der Waals surface area contributed by atoms with E-state index in [0.717, 1.165) is 45.9 Å². The summed E-state index contributed by atoms with van der Waals surface area (Å²) in [6.07, 6.45) is -1.13. The molecule has 1 aliphatic rings. The van der Waals surface area contributed by atoms with Crippen LogP contribution in [0.2, 0.25) is 0 Å². The van der Waals surface area contributed by atoms with Crippen LogP contribution in [0.5, 0.6) is 17.2 Å². The van der Waals surface area contributed by atoms with Crippen LogP contribution in [0.4, 0.5) is 4.79 Å². The Labute approximate surface area is 276 Å². The van der Waals surface area contributed by atoms with Crippen molar-refractivity contribution in [2.75, 3.05) is 40.5 Å². The molecule has 0 aromatic heterocycles. The predicted octanol–water partition coefficient (Wildman–Crippen LogP) is 6.94. The molecule has 0 bridgehead atoms. The molecular weight excluding hydrogens is 598 g/mol. The van der Waals surface area contributed by atoms with Gasteiger partial charge in [0.15, 0.2) is 0 Å². The van der Waals surface area contributed by atoms with E-state index in [9.17, 15) is 9.90 Å². The van der Waals surface area contributed by atoms with E-state index in [4.69, 9.17) is 28.4 Å². The molecule has 3 atom stereocenters. The van der Waals surface area contributed by atoms with Crippen LogP contribution in [0, 0.1) is 0 Å². The number of likely N-dealkylation sites (tertiary alicyclic amines) is 1. The van der Waals surface area contributed by atoms with E-state index < -0.39 is 18.3 Å². The quantitative estimate of drug-likeness (QED) is 0.132. The maximum atomic E-state index is 12.2. The number of benzene rings is 4. The summed E-state index contributed by atoms with van der Waals surface area (Å²) in [4.78, 5) is 13.6. The molecule has 47 heavy (non-hydrogen) atoms. The summed E-state index contributed by atoms with van der Waals surface area (Å²) in [7, 11) is 3.26. The van der Waals surface area contributed by atoms with Crippen LogP contribution in [0.25, 0.3) is 0 Å². The van der Waals surface area contributed by atoms with Crippen molar-refractivity contribution >= 4 is 6.09 Å². The number of hydrogen-bond acceptors (Lipinski definition) is 7. The van der Waals surface area contributed by atoms with Gasteiger partial charge in [-0.1, -0.05) is 66.7 Å². The second-order valence-corrected chi connectivity index (χ2v) is 11.4. The van der Waals surface area contributed by atoms with Gasteiger partial charge < -0.3 is 38.4 Å². The van der Waals surface area contributed by atoms with Gasteiger partial charge in [0.2, 0.25) is 0 Å². The Kier molecular flexibility index (Phi) is 12.5. The van der Waals surface area contributed by atoms with Gasteiger partial charge in [0, 0.05) is 12.3 Å². The average Bonchev–Trinajstić information content (AvgIpc) is 3.12. The fourth-order valence-corrected chi connectivity index (χ4v) is 5.63. The molecule has 1 aliphatic heterocycles. The second kappa shape index (κ2) is 17.4. The Morgan fingerprint density at radius 2 is 1.17 bits per heavy atom. The highest BCUT2D eigenvalue weighted by atomic mass is 16.5. The third kappa shape index (κ3) is 9.96. The zero-order valence-electron chi connectivity index (χ0n) is 27.0. The molecule has 1 amide bonds. The van der Waals surface area contributed by atoms with Crippen molar-refractivity contribution in [1.29, 1.82) is 0 Å². The smallest absolute Gasteiger partial charge is 0.407 e. The third-order valence-electron chi connectivity index (χ3n) is 8.20. The molecule has 4 aromatic carbocycles. The van der Waals surface area contributed by atoms with Crippen LogP contribution in [0.15, 0.2) is 103 Å². The van der Waals surface area contributed by atoms with Crippen LogP contribution in [-0.2, 0) is 34.0 Å². The maximum absolute atomic E-state index is 12.2. The number of methoxy groups -OCH3 is 2. The van der Waals surface area contributed by atoms with Crippen LogP contribution in [-0.4, -0.2) is 68.8 Å². The molecule has 1 heterocycles. The number of amides is 1. The normalized spacial score (nSPS) is 17.7. The van der Waals surface area contributed by atoms with E-state index in [1.807, 2.05) is 103 Å². The van der Waals surface area contributed by atoms with Crippen molar-refractivity contribution in [3.8, 4) is 17.2 Å². The highest BCUT2D eigenvalue weighted by Gasteiger charge is 2.41. The Bertz CT molecular complexity index is 1430. The van der Waals surface area contributed by atoms with Crippen LogP contribution < -0.4 is 14.2 Å². The molecule has 248 valence electrons. The molecule has 9 nitrogen and oxygen atoms in total. The Morgan fingerprint density at radius 3 is 1.68 bits per heavy atom. The largest absolute Gasteiger partial charge is 0.497 e. The summed E-state index contributed by atoms with van der Waals surface area (Å²) in [5, 5.41) is 10.0. The van der Waals surface area contributed by atoms with Crippen molar-refractivity contribution in [2.24, 2.45) is 0 Å². The Balaban J connectivity index is 1.26. The Morgan fingerprint density at radius 1 is 0.660 bits per heavy atom. The fraction of sp³-hybridized carbons (Fsp3) is 0.342. The van der Waals surface area contributed by atoms with E-state index in [-0.39, 0.29) is 19.0 Å². The zero-order chi connectivity index (χ0) is 32.8. The number of carbonyl (C=O) groups is 1. The van der Waals surface area contributed by atoms with Gasteiger partial charge in [-0.3, -0.25) is 0 Å². The predicted molar refractivity (Wildman–Crippen MR) is 178 cm³/mol. The van der Waals surface area contributed by atoms with Crippen molar-refractivity contribution in [1.82, 2.24) is 4.90 Å². The highest BCUT2D eigenvalue weighted by Crippen LogP contribution is 2.35. The number of piperidine rings is 1. The van der Waals surface area contributed by atoms with Crippen molar-refractivity contribution in [2.45, 2.75) is 44.4 Å². The first-order chi connectivity index (χ1) is 23.0. The van der Waals surface area contributed by atoms with E-state index in [1.165, 1.54) is 4.90 Å². The zero-order valence-corrected chi connectivity index (χ0v) is 27.0. The molecule has 0 spiro atoms. The number of nitrogens with zero attached hydrogens (tertiary/aromatic N) is 1. The van der Waals surface area contributed by atoms with Gasteiger partial charge >= 0.3 is 6.09 Å². The fourth-order valence-electron chi connectivity index (χ4n) is 5.63. The average molecular weight is 642 g/mol. The number of ether oxygens (including phenoxy) is 6. The molecule has 0 saturated carbocycles. The standard InChI is InChI=1S/C38H43NO8/c1-42-32-15-9-29(10-16-32)26-46-35-23-39(38(40)41)24-36(47-27-30-11-17-33(43-2)18-12-30)37(35)31-13-19-34(20-14-31)45-22-6-21-44-25-28-7-4-3-5-8-28/h3-5,7-20,35-37H,6,21-27H2,1-2H3,(H,40,41)/t35-,36+,37?. The third-order valence-corrected chi connectivity index (χ3v) is 8.20. The lowest BCUT2D eigenvalue weighted by Crippen LogP contribution is -2.54. The van der Waals surface area contributed by atoms with E-state index >= 15 is 0 Å². The topological polar surface area (TPSA) is 95.9 Å². The van der Waals surface area contributed by atoms with Gasteiger partial charge in [-0.05, 0) is 58.7 Å². The van der Waals surface area contributed by atoms with Crippen molar-refractivity contribution in [3.05, 3.63) is 125 Å². The molecule has 1 saturated heterocycles. The maximum Gasteiger partial charge on any atom is 0.407 e.